The molecule has 1 aromatic rings. The lowest BCUT2D eigenvalue weighted by Gasteiger charge is -2.09. The third kappa shape index (κ3) is 2.36. The standard InChI is InChI=1S/C9H11NO5/c1-15-7-3-5(9(12)13)2-6(4-10-14)8(7)11/h2-3,10-11,14H,4H2,1H3,(H,12,13). The van der Waals surface area contributed by atoms with E-state index in [1.54, 1.807) is 0 Å². The van der Waals surface area contributed by atoms with E-state index in [2.05, 4.69) is 0 Å². The van der Waals surface area contributed by atoms with Crippen LogP contribution in [0.25, 0.3) is 0 Å². The SMILES string of the molecule is COc1cc(C(=O)O)cc(CNO)c1O. The molecule has 4 N–H and O–H groups in total. The van der Waals surface area contributed by atoms with E-state index < -0.39 is 5.97 Å². The quantitative estimate of drug-likeness (QED) is 0.546. The number of hydrogen-bond donors (Lipinski definition) is 4. The predicted molar refractivity (Wildman–Crippen MR) is 50.2 cm³/mol. The number of methoxy groups -OCH3 is 1. The Morgan fingerprint density at radius 1 is 1.53 bits per heavy atom. The van der Waals surface area contributed by atoms with E-state index in [1.807, 2.05) is 5.48 Å². The molecule has 0 heterocycles. The highest BCUT2D eigenvalue weighted by atomic mass is 16.5. The molecule has 0 aliphatic carbocycles. The highest BCUT2D eigenvalue weighted by molar-refractivity contribution is 5.89. The maximum Gasteiger partial charge on any atom is 0.335 e. The van der Waals surface area contributed by atoms with E-state index >= 15 is 0 Å². The van der Waals surface area contributed by atoms with Gasteiger partial charge >= 0.3 is 5.97 Å². The van der Waals surface area contributed by atoms with Gasteiger partial charge in [0.2, 0.25) is 0 Å². The number of nitrogens with one attached hydrogen (secondary N) is 1. The van der Waals surface area contributed by atoms with E-state index in [9.17, 15) is 9.90 Å². The Balaban J connectivity index is 3.25. The van der Waals surface area contributed by atoms with Gasteiger partial charge in [0.1, 0.15) is 0 Å². The molecule has 0 saturated heterocycles. The van der Waals surface area contributed by atoms with E-state index in [4.69, 9.17) is 15.1 Å². The van der Waals surface area contributed by atoms with Crippen molar-refractivity contribution in [2.45, 2.75) is 6.54 Å². The van der Waals surface area contributed by atoms with E-state index in [0.29, 0.717) is 0 Å². The van der Waals surface area contributed by atoms with Gasteiger partial charge in [-0.25, -0.2) is 10.3 Å². The van der Waals surface area contributed by atoms with Gasteiger partial charge in [0, 0.05) is 12.1 Å². The first-order chi connectivity index (χ1) is 7.10. The number of phenols is 1. The first kappa shape index (κ1) is 11.3. The number of carbonyl (C=O) groups is 1. The topological polar surface area (TPSA) is 99.0 Å². The zero-order chi connectivity index (χ0) is 11.4. The van der Waals surface area contributed by atoms with Crippen molar-refractivity contribution < 1.29 is 25.0 Å². The normalized spacial score (nSPS) is 10.0. The molecule has 0 bridgehead atoms. The molecule has 0 aromatic heterocycles. The average Bonchev–Trinajstić information content (AvgIpc) is 2.21. The smallest absolute Gasteiger partial charge is 0.335 e. The predicted octanol–water partition coefficient (Wildman–Crippen LogP) is 0.578. The lowest BCUT2D eigenvalue weighted by molar-refractivity contribution is 0.0696. The largest absolute Gasteiger partial charge is 0.504 e. The van der Waals surface area contributed by atoms with Crippen LogP contribution in [0.5, 0.6) is 11.5 Å². The summed E-state index contributed by atoms with van der Waals surface area (Å²) in [4.78, 5) is 10.7. The number of carboxylic acids is 1. The van der Waals surface area contributed by atoms with Gasteiger partial charge in [-0.3, -0.25) is 0 Å². The molecule has 82 valence electrons. The summed E-state index contributed by atoms with van der Waals surface area (Å²) in [7, 11) is 1.32. The summed E-state index contributed by atoms with van der Waals surface area (Å²) < 4.78 is 4.80. The zero-order valence-electron chi connectivity index (χ0n) is 8.02. The molecule has 0 radical (unpaired) electrons. The van der Waals surface area contributed by atoms with Crippen molar-refractivity contribution in [2.24, 2.45) is 0 Å². The monoisotopic (exact) mass is 213 g/mol. The maximum absolute atomic E-state index is 10.7. The molecule has 1 aromatic carbocycles. The molecule has 0 aliphatic heterocycles. The van der Waals surface area contributed by atoms with Gasteiger partial charge in [0.15, 0.2) is 11.5 Å². The van der Waals surface area contributed by atoms with Crippen LogP contribution in [0.2, 0.25) is 0 Å². The molecule has 0 unspecified atom stereocenters. The Morgan fingerprint density at radius 3 is 2.67 bits per heavy atom. The summed E-state index contributed by atoms with van der Waals surface area (Å²) in [6.45, 7) is -0.0662. The number of benzene rings is 1. The summed E-state index contributed by atoms with van der Waals surface area (Å²) >= 11 is 0. The molecule has 0 spiro atoms. The minimum atomic E-state index is -1.13. The highest BCUT2D eigenvalue weighted by Gasteiger charge is 2.13. The summed E-state index contributed by atoms with van der Waals surface area (Å²) in [6, 6.07) is 2.46. The molecule has 0 amide bonds. The summed E-state index contributed by atoms with van der Waals surface area (Å²) in [5, 5.41) is 26.8. The van der Waals surface area contributed by atoms with Crippen LogP contribution in [-0.2, 0) is 6.54 Å². The molecule has 6 heteroatoms. The third-order valence-electron chi connectivity index (χ3n) is 1.89. The number of phenolic OH excluding ortho intramolecular Hbond substituents is 1. The Morgan fingerprint density at radius 2 is 2.20 bits per heavy atom. The first-order valence-corrected chi connectivity index (χ1v) is 4.10. The van der Waals surface area contributed by atoms with Crippen LogP contribution in [0.15, 0.2) is 12.1 Å². The van der Waals surface area contributed by atoms with Crippen molar-refractivity contribution >= 4 is 5.97 Å². The second kappa shape index (κ2) is 4.63. The third-order valence-corrected chi connectivity index (χ3v) is 1.89. The van der Waals surface area contributed by atoms with Crippen LogP contribution in [0.4, 0.5) is 0 Å². The number of aromatic hydroxyl groups is 1. The molecule has 1 rings (SSSR count). The van der Waals surface area contributed by atoms with Gasteiger partial charge in [-0.2, -0.15) is 0 Å². The molecular weight excluding hydrogens is 202 g/mol. The number of ether oxygens (including phenoxy) is 1. The van der Waals surface area contributed by atoms with Crippen LogP contribution < -0.4 is 10.2 Å². The van der Waals surface area contributed by atoms with Crippen molar-refractivity contribution in [1.29, 1.82) is 0 Å². The van der Waals surface area contributed by atoms with Gasteiger partial charge in [-0.1, -0.05) is 0 Å². The number of hydroxylamine groups is 1. The van der Waals surface area contributed by atoms with E-state index in [1.165, 1.54) is 19.2 Å². The van der Waals surface area contributed by atoms with Crippen LogP contribution in [0, 0.1) is 0 Å². The summed E-state index contributed by atoms with van der Waals surface area (Å²) in [6.07, 6.45) is 0. The Bertz CT molecular complexity index is 377. The van der Waals surface area contributed by atoms with Crippen LogP contribution in [0.1, 0.15) is 15.9 Å². The van der Waals surface area contributed by atoms with Crippen molar-refractivity contribution in [3.8, 4) is 11.5 Å². The number of aromatic carboxylic acids is 1. The van der Waals surface area contributed by atoms with Gasteiger partial charge in [-0.15, -0.1) is 0 Å². The Kier molecular flexibility index (Phi) is 3.48. The van der Waals surface area contributed by atoms with Gasteiger partial charge in [-0.05, 0) is 12.1 Å². The lowest BCUT2D eigenvalue weighted by atomic mass is 10.1. The number of rotatable bonds is 4. The lowest BCUT2D eigenvalue weighted by Crippen LogP contribution is -2.08. The second-order valence-corrected chi connectivity index (χ2v) is 2.83. The minimum Gasteiger partial charge on any atom is -0.504 e. The molecule has 6 nitrogen and oxygen atoms in total. The molecule has 0 aliphatic rings. The zero-order valence-corrected chi connectivity index (χ0v) is 8.02. The van der Waals surface area contributed by atoms with Gasteiger partial charge in [0.05, 0.1) is 12.7 Å². The average molecular weight is 213 g/mol. The summed E-state index contributed by atoms with van der Waals surface area (Å²) in [5.74, 6) is -1.27. The van der Waals surface area contributed by atoms with Crippen LogP contribution in [0.3, 0.4) is 0 Å². The van der Waals surface area contributed by atoms with Crippen LogP contribution >= 0.6 is 0 Å². The fourth-order valence-electron chi connectivity index (χ4n) is 1.16. The van der Waals surface area contributed by atoms with E-state index in [-0.39, 0.29) is 29.2 Å². The molecule has 0 atom stereocenters. The molecule has 0 fully saturated rings. The highest BCUT2D eigenvalue weighted by Crippen LogP contribution is 2.31. The second-order valence-electron chi connectivity index (χ2n) is 2.83. The van der Waals surface area contributed by atoms with Crippen molar-refractivity contribution in [3.05, 3.63) is 23.3 Å². The van der Waals surface area contributed by atoms with Gasteiger partial charge < -0.3 is 20.2 Å². The number of carboxylic acid groups (broad SMARTS) is 1. The molecular formula is C9H11NO5. The van der Waals surface area contributed by atoms with E-state index in [0.717, 1.165) is 0 Å². The minimum absolute atomic E-state index is 0.0186. The van der Waals surface area contributed by atoms with Crippen molar-refractivity contribution in [3.63, 3.8) is 0 Å². The van der Waals surface area contributed by atoms with Crippen molar-refractivity contribution in [2.75, 3.05) is 7.11 Å². The molecule has 15 heavy (non-hydrogen) atoms. The first-order valence-electron chi connectivity index (χ1n) is 4.10. The van der Waals surface area contributed by atoms with Crippen molar-refractivity contribution in [1.82, 2.24) is 5.48 Å². The Labute approximate surface area is 85.7 Å². The fourth-order valence-corrected chi connectivity index (χ4v) is 1.16. The Hall–Kier alpha value is -1.79. The maximum atomic E-state index is 10.7. The molecule has 0 saturated carbocycles. The van der Waals surface area contributed by atoms with Crippen LogP contribution in [-0.4, -0.2) is 28.5 Å². The van der Waals surface area contributed by atoms with Gasteiger partial charge in [0.25, 0.3) is 0 Å². The number of hydrogen-bond acceptors (Lipinski definition) is 5. The summed E-state index contributed by atoms with van der Waals surface area (Å²) in [5.41, 5.74) is 2.06. The fraction of sp³-hybridized carbons (Fsp3) is 0.222.